The van der Waals surface area contributed by atoms with Crippen LogP contribution in [0, 0.1) is 18.3 Å². The summed E-state index contributed by atoms with van der Waals surface area (Å²) >= 11 is 0. The van der Waals surface area contributed by atoms with Crippen molar-refractivity contribution in [2.24, 2.45) is 0 Å². The third-order valence-electron chi connectivity index (χ3n) is 3.14. The third-order valence-corrected chi connectivity index (χ3v) is 3.14. The monoisotopic (exact) mass is 266 g/mol. The zero-order chi connectivity index (χ0) is 14.8. The Morgan fingerprint density at radius 2 is 1.90 bits per heavy atom. The maximum atomic E-state index is 8.84. The first-order chi connectivity index (χ1) is 9.40. The van der Waals surface area contributed by atoms with E-state index in [2.05, 4.69) is 55.1 Å². The molecule has 0 fully saturated rings. The number of hydrogen-bond donors (Lipinski definition) is 1. The second kappa shape index (κ2) is 5.30. The molecule has 1 heterocycles. The molecule has 102 valence electrons. The maximum absolute atomic E-state index is 8.84. The molecule has 1 N–H and O–H groups in total. The molecule has 0 saturated carbocycles. The van der Waals surface area contributed by atoms with Crippen LogP contribution in [0.3, 0.4) is 0 Å². The number of benzene rings is 1. The summed E-state index contributed by atoms with van der Waals surface area (Å²) in [6.07, 6.45) is 1.39. The minimum atomic E-state index is 0.131. The molecular weight excluding hydrogens is 248 g/mol. The van der Waals surface area contributed by atoms with E-state index in [1.54, 1.807) is 6.07 Å². The van der Waals surface area contributed by atoms with E-state index in [0.717, 1.165) is 11.3 Å². The molecule has 4 nitrogen and oxygen atoms in total. The van der Waals surface area contributed by atoms with Crippen molar-refractivity contribution in [3.05, 3.63) is 47.4 Å². The van der Waals surface area contributed by atoms with Gasteiger partial charge >= 0.3 is 0 Å². The summed E-state index contributed by atoms with van der Waals surface area (Å²) in [6, 6.07) is 9.98. The summed E-state index contributed by atoms with van der Waals surface area (Å²) < 4.78 is 0. The van der Waals surface area contributed by atoms with Gasteiger partial charge in [-0.2, -0.15) is 5.26 Å². The second-order valence-corrected chi connectivity index (χ2v) is 5.80. The fourth-order valence-electron chi connectivity index (χ4n) is 1.90. The average Bonchev–Trinajstić information content (AvgIpc) is 2.40. The Kier molecular flexibility index (Phi) is 3.71. The van der Waals surface area contributed by atoms with Gasteiger partial charge in [-0.1, -0.05) is 32.9 Å². The number of aromatic nitrogens is 2. The van der Waals surface area contributed by atoms with Crippen molar-refractivity contribution in [1.29, 1.82) is 5.26 Å². The highest BCUT2D eigenvalue weighted by atomic mass is 15.0. The highest BCUT2D eigenvalue weighted by Crippen LogP contribution is 2.27. The Bertz CT molecular complexity index is 663. The fourth-order valence-corrected chi connectivity index (χ4v) is 1.90. The highest BCUT2D eigenvalue weighted by molar-refractivity contribution is 5.61. The number of hydrogen-bond acceptors (Lipinski definition) is 4. The number of anilines is 2. The number of aryl methyl sites for hydroxylation is 1. The third kappa shape index (κ3) is 3.12. The summed E-state index contributed by atoms with van der Waals surface area (Å²) in [5.74, 6) is 0.628. The van der Waals surface area contributed by atoms with Gasteiger partial charge in [-0.05, 0) is 29.5 Å². The van der Waals surface area contributed by atoms with E-state index < -0.39 is 0 Å². The lowest BCUT2D eigenvalue weighted by molar-refractivity contribution is 0.590. The van der Waals surface area contributed by atoms with Crippen LogP contribution in [-0.2, 0) is 5.41 Å². The molecule has 0 aliphatic carbocycles. The Hall–Kier alpha value is -2.41. The van der Waals surface area contributed by atoms with Gasteiger partial charge in [0.05, 0.1) is 0 Å². The van der Waals surface area contributed by atoms with Gasteiger partial charge in [0.2, 0.25) is 0 Å². The van der Waals surface area contributed by atoms with E-state index >= 15 is 0 Å². The van der Waals surface area contributed by atoms with E-state index in [-0.39, 0.29) is 5.41 Å². The van der Waals surface area contributed by atoms with E-state index in [0.29, 0.717) is 11.5 Å². The Morgan fingerprint density at radius 1 is 1.15 bits per heavy atom. The van der Waals surface area contributed by atoms with Gasteiger partial charge < -0.3 is 5.32 Å². The van der Waals surface area contributed by atoms with Crippen molar-refractivity contribution < 1.29 is 0 Å². The molecule has 0 amide bonds. The summed E-state index contributed by atoms with van der Waals surface area (Å²) in [6.45, 7) is 8.64. The molecule has 0 saturated heterocycles. The van der Waals surface area contributed by atoms with Crippen molar-refractivity contribution in [3.8, 4) is 6.07 Å². The number of rotatable bonds is 2. The first kappa shape index (κ1) is 14.0. The van der Waals surface area contributed by atoms with Crippen LogP contribution in [0.15, 0.2) is 30.6 Å². The highest BCUT2D eigenvalue weighted by Gasteiger charge is 2.14. The van der Waals surface area contributed by atoms with Gasteiger partial charge in [-0.15, -0.1) is 0 Å². The molecule has 1 aromatic heterocycles. The fraction of sp³-hybridized carbons (Fsp3) is 0.312. The van der Waals surface area contributed by atoms with Crippen molar-refractivity contribution in [2.45, 2.75) is 33.1 Å². The molecule has 0 aliphatic heterocycles. The Labute approximate surface area is 119 Å². The summed E-state index contributed by atoms with van der Waals surface area (Å²) in [5.41, 5.74) is 3.91. The maximum Gasteiger partial charge on any atom is 0.145 e. The molecule has 4 heteroatoms. The SMILES string of the molecule is Cc1cc(C(C)(C)C)ccc1Nc1cc(C#N)ncn1. The normalized spacial score (nSPS) is 10.9. The van der Waals surface area contributed by atoms with Crippen LogP contribution in [0.1, 0.15) is 37.6 Å². The molecule has 2 rings (SSSR count). The van der Waals surface area contributed by atoms with Crippen LogP contribution in [0.2, 0.25) is 0 Å². The van der Waals surface area contributed by atoms with Crippen LogP contribution in [-0.4, -0.2) is 9.97 Å². The topological polar surface area (TPSA) is 61.6 Å². The summed E-state index contributed by atoms with van der Waals surface area (Å²) in [5, 5.41) is 12.1. The van der Waals surface area contributed by atoms with E-state index in [9.17, 15) is 0 Å². The zero-order valence-corrected chi connectivity index (χ0v) is 12.2. The lowest BCUT2D eigenvalue weighted by atomic mass is 9.86. The Balaban J connectivity index is 2.28. The molecule has 0 bridgehead atoms. The summed E-state index contributed by atoms with van der Waals surface area (Å²) in [4.78, 5) is 7.98. The molecule has 0 aliphatic rings. The minimum absolute atomic E-state index is 0.131. The van der Waals surface area contributed by atoms with Gasteiger partial charge in [-0.3, -0.25) is 0 Å². The van der Waals surface area contributed by atoms with Gasteiger partial charge in [0.1, 0.15) is 23.9 Å². The number of nitrogens with zero attached hydrogens (tertiary/aromatic N) is 3. The van der Waals surface area contributed by atoms with Crippen LogP contribution >= 0.6 is 0 Å². The zero-order valence-electron chi connectivity index (χ0n) is 12.2. The molecule has 0 radical (unpaired) electrons. The lowest BCUT2D eigenvalue weighted by Crippen LogP contribution is -2.11. The lowest BCUT2D eigenvalue weighted by Gasteiger charge is -2.20. The first-order valence-corrected chi connectivity index (χ1v) is 6.50. The van der Waals surface area contributed by atoms with Gasteiger partial charge in [0.25, 0.3) is 0 Å². The smallest absolute Gasteiger partial charge is 0.145 e. The molecule has 0 unspecified atom stereocenters. The largest absolute Gasteiger partial charge is 0.340 e. The van der Waals surface area contributed by atoms with Crippen LogP contribution < -0.4 is 5.32 Å². The Morgan fingerprint density at radius 3 is 2.50 bits per heavy atom. The van der Waals surface area contributed by atoms with Crippen LogP contribution in [0.5, 0.6) is 0 Å². The van der Waals surface area contributed by atoms with E-state index in [4.69, 9.17) is 5.26 Å². The van der Waals surface area contributed by atoms with Gasteiger partial charge in [0, 0.05) is 11.8 Å². The molecular formula is C16H18N4. The number of nitrogens with one attached hydrogen (secondary N) is 1. The molecule has 1 aromatic carbocycles. The second-order valence-electron chi connectivity index (χ2n) is 5.80. The predicted octanol–water partition coefficient (Wildman–Crippen LogP) is 3.70. The standard InChI is InChI=1S/C16H18N4/c1-11-7-12(16(2,3)4)5-6-14(11)20-15-8-13(9-17)18-10-19-15/h5-8,10H,1-4H3,(H,18,19,20). The van der Waals surface area contributed by atoms with Gasteiger partial charge in [-0.25, -0.2) is 9.97 Å². The first-order valence-electron chi connectivity index (χ1n) is 6.50. The van der Waals surface area contributed by atoms with E-state index in [1.165, 1.54) is 11.9 Å². The molecule has 20 heavy (non-hydrogen) atoms. The quantitative estimate of drug-likeness (QED) is 0.900. The van der Waals surface area contributed by atoms with E-state index in [1.807, 2.05) is 12.1 Å². The van der Waals surface area contributed by atoms with Crippen molar-refractivity contribution >= 4 is 11.5 Å². The van der Waals surface area contributed by atoms with Crippen molar-refractivity contribution in [3.63, 3.8) is 0 Å². The van der Waals surface area contributed by atoms with Crippen LogP contribution in [0.4, 0.5) is 11.5 Å². The molecule has 0 spiro atoms. The molecule has 0 atom stereocenters. The number of nitriles is 1. The van der Waals surface area contributed by atoms with Crippen molar-refractivity contribution in [2.75, 3.05) is 5.32 Å². The van der Waals surface area contributed by atoms with Gasteiger partial charge in [0.15, 0.2) is 0 Å². The minimum Gasteiger partial charge on any atom is -0.340 e. The summed E-state index contributed by atoms with van der Waals surface area (Å²) in [7, 11) is 0. The average molecular weight is 266 g/mol. The van der Waals surface area contributed by atoms with Crippen molar-refractivity contribution in [1.82, 2.24) is 9.97 Å². The van der Waals surface area contributed by atoms with Crippen LogP contribution in [0.25, 0.3) is 0 Å². The molecule has 2 aromatic rings. The predicted molar refractivity (Wildman–Crippen MR) is 79.9 cm³/mol.